The van der Waals surface area contributed by atoms with E-state index in [2.05, 4.69) is 24.4 Å². The van der Waals surface area contributed by atoms with Crippen LogP contribution in [0.4, 0.5) is 0 Å². The van der Waals surface area contributed by atoms with Gasteiger partial charge in [0.1, 0.15) is 6.04 Å². The number of nitrogens with zero attached hydrogens (tertiary/aromatic N) is 1. The van der Waals surface area contributed by atoms with Gasteiger partial charge in [-0.2, -0.15) is 0 Å². The van der Waals surface area contributed by atoms with Crippen LogP contribution in [0.3, 0.4) is 0 Å². The molecule has 0 spiro atoms. The highest BCUT2D eigenvalue weighted by Crippen LogP contribution is 2.35. The van der Waals surface area contributed by atoms with Gasteiger partial charge in [0.25, 0.3) is 5.91 Å². The first-order valence-corrected chi connectivity index (χ1v) is 9.91. The summed E-state index contributed by atoms with van der Waals surface area (Å²) in [6, 6.07) is 26.7. The predicted molar refractivity (Wildman–Crippen MR) is 113 cm³/mol. The summed E-state index contributed by atoms with van der Waals surface area (Å²) in [4.78, 5) is 28.0. The molecular weight excluding hydrogens is 360 g/mol. The summed E-state index contributed by atoms with van der Waals surface area (Å²) in [6.07, 6.45) is 0. The third-order valence-electron chi connectivity index (χ3n) is 5.46. The average molecular weight is 384 g/mol. The van der Waals surface area contributed by atoms with E-state index < -0.39 is 6.04 Å². The molecule has 4 heteroatoms. The van der Waals surface area contributed by atoms with E-state index in [9.17, 15) is 9.59 Å². The Balaban J connectivity index is 1.57. The number of carbonyl (C=O) groups is 2. The van der Waals surface area contributed by atoms with Crippen molar-refractivity contribution >= 4 is 11.8 Å². The third kappa shape index (κ3) is 3.92. The highest BCUT2D eigenvalue weighted by molar-refractivity contribution is 6.04. The van der Waals surface area contributed by atoms with Gasteiger partial charge in [0.2, 0.25) is 5.91 Å². The van der Waals surface area contributed by atoms with E-state index in [0.717, 1.165) is 16.7 Å². The Morgan fingerprint density at radius 1 is 0.931 bits per heavy atom. The first-order chi connectivity index (χ1) is 14.1. The molecular formula is C25H24N2O2. The maximum atomic E-state index is 13.2. The largest absolute Gasteiger partial charge is 0.350 e. The molecule has 2 amide bonds. The second kappa shape index (κ2) is 8.31. The molecule has 1 aliphatic rings. The van der Waals surface area contributed by atoms with Crippen molar-refractivity contribution in [1.82, 2.24) is 10.2 Å². The van der Waals surface area contributed by atoms with Crippen molar-refractivity contribution in [2.24, 2.45) is 0 Å². The Bertz CT molecular complexity index is 1000. The molecule has 0 aliphatic carbocycles. The minimum Gasteiger partial charge on any atom is -0.350 e. The van der Waals surface area contributed by atoms with E-state index >= 15 is 0 Å². The number of nitrogens with one attached hydrogen (secondary N) is 1. The fraction of sp³-hybridized carbons (Fsp3) is 0.200. The van der Waals surface area contributed by atoms with Crippen molar-refractivity contribution in [2.45, 2.75) is 25.4 Å². The van der Waals surface area contributed by atoms with Gasteiger partial charge in [-0.05, 0) is 28.7 Å². The van der Waals surface area contributed by atoms with Gasteiger partial charge in [0, 0.05) is 18.7 Å². The summed E-state index contributed by atoms with van der Waals surface area (Å²) in [5.74, 6) is -0.102. The number of hydrogen-bond donors (Lipinski definition) is 1. The Morgan fingerprint density at radius 2 is 1.55 bits per heavy atom. The maximum absolute atomic E-state index is 13.2. The molecule has 2 atom stereocenters. The van der Waals surface area contributed by atoms with Gasteiger partial charge in [-0.25, -0.2) is 0 Å². The third-order valence-corrected chi connectivity index (χ3v) is 5.46. The van der Waals surface area contributed by atoms with Gasteiger partial charge in [-0.3, -0.25) is 9.59 Å². The summed E-state index contributed by atoms with van der Waals surface area (Å²) < 4.78 is 0. The van der Waals surface area contributed by atoms with Crippen molar-refractivity contribution in [3.8, 4) is 0 Å². The van der Waals surface area contributed by atoms with Crippen molar-refractivity contribution < 1.29 is 9.59 Å². The van der Waals surface area contributed by atoms with Gasteiger partial charge in [0.15, 0.2) is 0 Å². The molecule has 0 radical (unpaired) electrons. The molecule has 2 unspecified atom stereocenters. The van der Waals surface area contributed by atoms with Crippen molar-refractivity contribution in [3.63, 3.8) is 0 Å². The summed E-state index contributed by atoms with van der Waals surface area (Å²) in [5, 5.41) is 3.01. The first kappa shape index (κ1) is 18.9. The quantitative estimate of drug-likeness (QED) is 0.689. The van der Waals surface area contributed by atoms with Crippen LogP contribution in [0.1, 0.15) is 45.9 Å². The lowest BCUT2D eigenvalue weighted by Gasteiger charge is -2.27. The lowest BCUT2D eigenvalue weighted by atomic mass is 9.99. The van der Waals surface area contributed by atoms with Crippen LogP contribution in [0.5, 0.6) is 0 Å². The topological polar surface area (TPSA) is 49.4 Å². The smallest absolute Gasteiger partial charge is 0.255 e. The molecule has 0 fully saturated rings. The highest BCUT2D eigenvalue weighted by Gasteiger charge is 2.41. The van der Waals surface area contributed by atoms with Crippen LogP contribution >= 0.6 is 0 Å². The Morgan fingerprint density at radius 3 is 2.28 bits per heavy atom. The molecule has 1 N–H and O–H groups in total. The summed E-state index contributed by atoms with van der Waals surface area (Å²) in [5.41, 5.74) is 3.58. The zero-order valence-corrected chi connectivity index (χ0v) is 16.4. The van der Waals surface area contributed by atoms with E-state index in [1.165, 1.54) is 0 Å². The molecule has 3 aromatic carbocycles. The SMILES string of the molecule is CC(CN1C(=O)c2ccccc2C1C(=O)NCc1ccccc1)c1ccccc1. The van der Waals surface area contributed by atoms with Crippen molar-refractivity contribution in [2.75, 3.05) is 6.54 Å². The number of benzene rings is 3. The Labute approximate surface area is 171 Å². The lowest BCUT2D eigenvalue weighted by Crippen LogP contribution is -2.40. The normalized spacial score (nSPS) is 16.4. The molecule has 4 rings (SSSR count). The van der Waals surface area contributed by atoms with Crippen molar-refractivity contribution in [1.29, 1.82) is 0 Å². The molecule has 0 aromatic heterocycles. The molecule has 0 bridgehead atoms. The van der Waals surface area contributed by atoms with Crippen LogP contribution in [0.15, 0.2) is 84.9 Å². The summed E-state index contributed by atoms with van der Waals surface area (Å²) in [7, 11) is 0. The van der Waals surface area contributed by atoms with Gasteiger partial charge in [-0.15, -0.1) is 0 Å². The zero-order chi connectivity index (χ0) is 20.2. The number of rotatable bonds is 6. The molecule has 146 valence electrons. The number of fused-ring (bicyclic) bond motifs is 1. The van der Waals surface area contributed by atoms with Gasteiger partial charge in [0.05, 0.1) is 0 Å². The second-order valence-electron chi connectivity index (χ2n) is 7.46. The lowest BCUT2D eigenvalue weighted by molar-refractivity contribution is -0.125. The fourth-order valence-electron chi connectivity index (χ4n) is 3.90. The van der Waals surface area contributed by atoms with Gasteiger partial charge in [-0.1, -0.05) is 85.8 Å². The number of carbonyl (C=O) groups excluding carboxylic acids is 2. The maximum Gasteiger partial charge on any atom is 0.255 e. The number of amides is 2. The summed E-state index contributed by atoms with van der Waals surface area (Å²) >= 11 is 0. The Kier molecular flexibility index (Phi) is 5.43. The molecule has 0 saturated carbocycles. The first-order valence-electron chi connectivity index (χ1n) is 9.91. The molecule has 1 heterocycles. The highest BCUT2D eigenvalue weighted by atomic mass is 16.2. The molecule has 4 nitrogen and oxygen atoms in total. The van der Waals surface area contributed by atoms with E-state index in [0.29, 0.717) is 18.7 Å². The van der Waals surface area contributed by atoms with Gasteiger partial charge < -0.3 is 10.2 Å². The van der Waals surface area contributed by atoms with Crippen LogP contribution in [0.25, 0.3) is 0 Å². The van der Waals surface area contributed by atoms with E-state index in [1.807, 2.05) is 72.8 Å². The summed E-state index contributed by atoms with van der Waals surface area (Å²) in [6.45, 7) is 3.01. The van der Waals surface area contributed by atoms with Crippen LogP contribution in [-0.2, 0) is 11.3 Å². The second-order valence-corrected chi connectivity index (χ2v) is 7.46. The predicted octanol–water partition coefficient (Wildman–Crippen LogP) is 4.30. The average Bonchev–Trinajstić information content (AvgIpc) is 3.05. The van der Waals surface area contributed by atoms with E-state index in [-0.39, 0.29) is 17.7 Å². The van der Waals surface area contributed by atoms with Crippen LogP contribution in [0, 0.1) is 0 Å². The zero-order valence-electron chi connectivity index (χ0n) is 16.4. The monoisotopic (exact) mass is 384 g/mol. The molecule has 3 aromatic rings. The van der Waals surface area contributed by atoms with Crippen LogP contribution in [-0.4, -0.2) is 23.3 Å². The van der Waals surface area contributed by atoms with Crippen molar-refractivity contribution in [3.05, 3.63) is 107 Å². The molecule has 1 aliphatic heterocycles. The minimum absolute atomic E-state index is 0.0803. The van der Waals surface area contributed by atoms with Crippen LogP contribution < -0.4 is 5.32 Å². The fourth-order valence-corrected chi connectivity index (χ4v) is 3.90. The van der Waals surface area contributed by atoms with Crippen LogP contribution in [0.2, 0.25) is 0 Å². The van der Waals surface area contributed by atoms with E-state index in [1.54, 1.807) is 4.90 Å². The van der Waals surface area contributed by atoms with Gasteiger partial charge >= 0.3 is 0 Å². The van der Waals surface area contributed by atoms with E-state index in [4.69, 9.17) is 0 Å². The molecule has 29 heavy (non-hydrogen) atoms. The Hall–Kier alpha value is -3.40. The standard InChI is InChI=1S/C25H24N2O2/c1-18(20-12-6-3-7-13-20)17-27-23(21-14-8-9-15-22(21)25(27)29)24(28)26-16-19-10-4-2-5-11-19/h2-15,18,23H,16-17H2,1H3,(H,26,28). The number of hydrogen-bond acceptors (Lipinski definition) is 2. The molecule has 0 saturated heterocycles. The minimum atomic E-state index is -0.603.